The molecule has 1 heterocycles. The Hall–Kier alpha value is -0.653. The third-order valence-electron chi connectivity index (χ3n) is 2.65. The number of nitrogens with zero attached hydrogens (tertiary/aromatic N) is 2. The van der Waals surface area contributed by atoms with Crippen molar-refractivity contribution >= 4 is 8.07 Å². The molecule has 0 amide bonds. The Balaban J connectivity index is 2.43. The van der Waals surface area contributed by atoms with Gasteiger partial charge in [0.25, 0.3) is 0 Å². The van der Waals surface area contributed by atoms with Crippen molar-refractivity contribution in [1.82, 2.24) is 9.78 Å². The summed E-state index contributed by atoms with van der Waals surface area (Å²) in [5, 5.41) is 13.6. The van der Waals surface area contributed by atoms with Crippen LogP contribution in [-0.4, -0.2) is 29.6 Å². The lowest BCUT2D eigenvalue weighted by molar-refractivity contribution is 0.0729. The van der Waals surface area contributed by atoms with Crippen LogP contribution in [0.15, 0.2) is 6.07 Å². The van der Waals surface area contributed by atoms with E-state index >= 15 is 0 Å². The average molecular weight is 256 g/mol. The molecule has 4 nitrogen and oxygen atoms in total. The van der Waals surface area contributed by atoms with E-state index in [-0.39, 0.29) is 6.61 Å². The molecular formula is C12H24N2O2Si. The molecule has 1 aromatic heterocycles. The van der Waals surface area contributed by atoms with Crippen LogP contribution in [0.4, 0.5) is 0 Å². The first-order chi connectivity index (χ1) is 7.96. The number of hydrogen-bond acceptors (Lipinski definition) is 3. The van der Waals surface area contributed by atoms with Crippen LogP contribution in [0.3, 0.4) is 0 Å². The van der Waals surface area contributed by atoms with Gasteiger partial charge in [0.15, 0.2) is 0 Å². The lowest BCUT2D eigenvalue weighted by Gasteiger charge is -2.15. The Bertz CT molecular complexity index is 345. The van der Waals surface area contributed by atoms with Crippen LogP contribution in [0.25, 0.3) is 0 Å². The first-order valence-corrected chi connectivity index (χ1v) is 9.91. The molecule has 0 fully saturated rings. The standard InChI is InChI=1S/C12H24N2O2Si/c1-5-11-8-12(9-15)14(13-11)10-16-6-7-17(2,3)4/h8,15H,5-7,9-10H2,1-4H3. The van der Waals surface area contributed by atoms with Crippen molar-refractivity contribution in [3.63, 3.8) is 0 Å². The van der Waals surface area contributed by atoms with Crippen molar-refractivity contribution in [1.29, 1.82) is 0 Å². The molecule has 17 heavy (non-hydrogen) atoms. The van der Waals surface area contributed by atoms with Gasteiger partial charge in [0.1, 0.15) is 6.73 Å². The van der Waals surface area contributed by atoms with E-state index in [9.17, 15) is 5.11 Å². The zero-order valence-electron chi connectivity index (χ0n) is 11.4. The number of hydrogen-bond donors (Lipinski definition) is 1. The van der Waals surface area contributed by atoms with E-state index in [0.717, 1.165) is 30.5 Å². The number of aromatic nitrogens is 2. The van der Waals surface area contributed by atoms with E-state index < -0.39 is 8.07 Å². The minimum Gasteiger partial charge on any atom is -0.390 e. The van der Waals surface area contributed by atoms with E-state index in [1.54, 1.807) is 4.68 Å². The maximum atomic E-state index is 9.20. The van der Waals surface area contributed by atoms with E-state index in [1.165, 1.54) is 0 Å². The number of aryl methyl sites for hydroxylation is 1. The monoisotopic (exact) mass is 256 g/mol. The largest absolute Gasteiger partial charge is 0.390 e. The first kappa shape index (κ1) is 14.4. The summed E-state index contributed by atoms with van der Waals surface area (Å²) in [5.41, 5.74) is 1.83. The molecular weight excluding hydrogens is 232 g/mol. The Morgan fingerprint density at radius 1 is 1.41 bits per heavy atom. The van der Waals surface area contributed by atoms with Gasteiger partial charge in [-0.3, -0.25) is 0 Å². The molecule has 0 aromatic carbocycles. The highest BCUT2D eigenvalue weighted by Gasteiger charge is 2.12. The van der Waals surface area contributed by atoms with E-state index in [0.29, 0.717) is 6.73 Å². The fraction of sp³-hybridized carbons (Fsp3) is 0.750. The SMILES string of the molecule is CCc1cc(CO)n(COCC[Si](C)(C)C)n1. The lowest BCUT2D eigenvalue weighted by Crippen LogP contribution is -2.22. The number of rotatable bonds is 7. The first-order valence-electron chi connectivity index (χ1n) is 6.20. The molecule has 0 saturated carbocycles. The van der Waals surface area contributed by atoms with Crippen LogP contribution < -0.4 is 0 Å². The number of ether oxygens (including phenoxy) is 1. The highest BCUT2D eigenvalue weighted by Crippen LogP contribution is 2.09. The summed E-state index contributed by atoms with van der Waals surface area (Å²) in [6.45, 7) is 10.3. The fourth-order valence-corrected chi connectivity index (χ4v) is 2.21. The smallest absolute Gasteiger partial charge is 0.139 e. The molecule has 0 saturated heterocycles. The van der Waals surface area contributed by atoms with Crippen LogP contribution in [0.2, 0.25) is 25.7 Å². The van der Waals surface area contributed by atoms with Crippen molar-refractivity contribution in [2.24, 2.45) is 0 Å². The summed E-state index contributed by atoms with van der Waals surface area (Å²) >= 11 is 0. The zero-order chi connectivity index (χ0) is 12.9. The predicted octanol–water partition coefficient (Wildman–Crippen LogP) is 2.25. The molecule has 5 heteroatoms. The molecule has 0 bridgehead atoms. The molecule has 0 aliphatic rings. The summed E-state index contributed by atoms with van der Waals surface area (Å²) in [7, 11) is -1.02. The lowest BCUT2D eigenvalue weighted by atomic mass is 10.3. The second-order valence-corrected chi connectivity index (χ2v) is 11.1. The Labute approximate surface area is 105 Å². The van der Waals surface area contributed by atoms with Gasteiger partial charge in [-0.05, 0) is 18.5 Å². The Kier molecular flexibility index (Phi) is 5.36. The van der Waals surface area contributed by atoms with Crippen molar-refractivity contribution in [3.8, 4) is 0 Å². The van der Waals surface area contributed by atoms with Crippen molar-refractivity contribution in [2.75, 3.05) is 6.61 Å². The topological polar surface area (TPSA) is 47.3 Å². The van der Waals surface area contributed by atoms with Crippen LogP contribution in [-0.2, 0) is 24.5 Å². The second kappa shape index (κ2) is 6.33. The highest BCUT2D eigenvalue weighted by molar-refractivity contribution is 6.76. The van der Waals surface area contributed by atoms with Gasteiger partial charge in [-0.25, -0.2) is 4.68 Å². The van der Waals surface area contributed by atoms with Gasteiger partial charge < -0.3 is 9.84 Å². The number of aliphatic hydroxyl groups is 1. The van der Waals surface area contributed by atoms with Crippen LogP contribution in [0.5, 0.6) is 0 Å². The van der Waals surface area contributed by atoms with Crippen LogP contribution in [0.1, 0.15) is 18.3 Å². The molecule has 0 atom stereocenters. The molecule has 1 rings (SSSR count). The van der Waals surface area contributed by atoms with Crippen molar-refractivity contribution in [3.05, 3.63) is 17.5 Å². The quantitative estimate of drug-likeness (QED) is 0.601. The van der Waals surface area contributed by atoms with Crippen molar-refractivity contribution in [2.45, 2.75) is 52.4 Å². The maximum absolute atomic E-state index is 9.20. The molecule has 1 N–H and O–H groups in total. The van der Waals surface area contributed by atoms with Gasteiger partial charge in [0.05, 0.1) is 18.0 Å². The Morgan fingerprint density at radius 2 is 2.12 bits per heavy atom. The molecule has 0 spiro atoms. The molecule has 0 unspecified atom stereocenters. The normalized spacial score (nSPS) is 12.1. The summed E-state index contributed by atoms with van der Waals surface area (Å²) in [6.07, 6.45) is 0.884. The van der Waals surface area contributed by atoms with Gasteiger partial charge in [-0.2, -0.15) is 5.10 Å². The van der Waals surface area contributed by atoms with Gasteiger partial charge in [-0.15, -0.1) is 0 Å². The Morgan fingerprint density at radius 3 is 2.65 bits per heavy atom. The van der Waals surface area contributed by atoms with Gasteiger partial charge in [0.2, 0.25) is 0 Å². The maximum Gasteiger partial charge on any atom is 0.139 e. The number of aliphatic hydroxyl groups excluding tert-OH is 1. The van der Waals surface area contributed by atoms with Gasteiger partial charge in [-0.1, -0.05) is 26.6 Å². The summed E-state index contributed by atoms with van der Waals surface area (Å²) in [6, 6.07) is 3.09. The van der Waals surface area contributed by atoms with Crippen LogP contribution in [0, 0.1) is 0 Å². The molecule has 0 aliphatic heterocycles. The third-order valence-corrected chi connectivity index (χ3v) is 4.35. The second-order valence-electron chi connectivity index (χ2n) is 5.49. The molecule has 0 aliphatic carbocycles. The van der Waals surface area contributed by atoms with E-state index in [1.807, 2.05) is 6.07 Å². The van der Waals surface area contributed by atoms with E-state index in [2.05, 4.69) is 31.7 Å². The predicted molar refractivity (Wildman–Crippen MR) is 71.6 cm³/mol. The molecule has 1 aromatic rings. The van der Waals surface area contributed by atoms with Gasteiger partial charge >= 0.3 is 0 Å². The molecule has 98 valence electrons. The fourth-order valence-electron chi connectivity index (χ4n) is 1.46. The average Bonchev–Trinajstić information content (AvgIpc) is 2.65. The zero-order valence-corrected chi connectivity index (χ0v) is 12.4. The third kappa shape index (κ3) is 5.02. The molecule has 0 radical (unpaired) electrons. The summed E-state index contributed by atoms with van der Waals surface area (Å²) < 4.78 is 7.37. The summed E-state index contributed by atoms with van der Waals surface area (Å²) in [4.78, 5) is 0. The minimum absolute atomic E-state index is 0.0182. The summed E-state index contributed by atoms with van der Waals surface area (Å²) in [5.74, 6) is 0. The minimum atomic E-state index is -1.02. The van der Waals surface area contributed by atoms with Gasteiger partial charge in [0, 0.05) is 14.7 Å². The van der Waals surface area contributed by atoms with E-state index in [4.69, 9.17) is 4.74 Å². The van der Waals surface area contributed by atoms with Crippen LogP contribution >= 0.6 is 0 Å². The highest BCUT2D eigenvalue weighted by atomic mass is 28.3. The van der Waals surface area contributed by atoms with Crippen molar-refractivity contribution < 1.29 is 9.84 Å².